The van der Waals surface area contributed by atoms with Crippen molar-refractivity contribution in [1.82, 2.24) is 0 Å². The second-order valence-electron chi connectivity index (χ2n) is 3.13. The fraction of sp³-hybridized carbons (Fsp3) is 0.200. The first-order valence-electron chi connectivity index (χ1n) is 4.06. The number of aliphatic carboxylic acids is 1. The number of carbonyl (C=O) groups is 1. The van der Waals surface area contributed by atoms with Crippen LogP contribution in [0.3, 0.4) is 0 Å². The topological polar surface area (TPSA) is 49.7 Å². The molecule has 1 N–H and O–H groups in total. The Labute approximate surface area is 75.7 Å². The second-order valence-corrected chi connectivity index (χ2v) is 3.13. The summed E-state index contributed by atoms with van der Waals surface area (Å²) in [5, 5.41) is 8.82. The van der Waals surface area contributed by atoms with Crippen LogP contribution in [0.1, 0.15) is 16.7 Å². The predicted molar refractivity (Wildman–Crippen MR) is 49.1 cm³/mol. The van der Waals surface area contributed by atoms with Crippen molar-refractivity contribution in [2.75, 3.05) is 0 Å². The molecule has 3 heteroatoms. The third-order valence-electron chi connectivity index (χ3n) is 2.13. The highest BCUT2D eigenvalue weighted by Crippen LogP contribution is 2.20. The molecule has 0 fully saturated rings. The van der Waals surface area contributed by atoms with Gasteiger partial charge in [0, 0.05) is 5.56 Å². The molecule has 0 aromatic heterocycles. The molecule has 13 heavy (non-hydrogen) atoms. The van der Waals surface area contributed by atoms with Crippen LogP contribution >= 0.6 is 0 Å². The van der Waals surface area contributed by atoms with Gasteiger partial charge in [0.1, 0.15) is 0 Å². The molecule has 66 valence electrons. The van der Waals surface area contributed by atoms with E-state index in [1.54, 1.807) is 0 Å². The average Bonchev–Trinajstić information content (AvgIpc) is 2.46. The van der Waals surface area contributed by atoms with Gasteiger partial charge in [0.25, 0.3) is 0 Å². The molecule has 0 aliphatic carbocycles. The number of carboxylic acids is 1. The van der Waals surface area contributed by atoms with Crippen molar-refractivity contribution in [1.29, 1.82) is 0 Å². The van der Waals surface area contributed by atoms with E-state index < -0.39 is 5.97 Å². The van der Waals surface area contributed by atoms with Gasteiger partial charge < -0.3 is 5.11 Å². The summed E-state index contributed by atoms with van der Waals surface area (Å²) in [6.07, 6.45) is 0. The minimum absolute atomic E-state index is 0.193. The Hall–Kier alpha value is -1.64. The van der Waals surface area contributed by atoms with Gasteiger partial charge in [0.2, 0.25) is 0 Å². The van der Waals surface area contributed by atoms with E-state index in [1.165, 1.54) is 0 Å². The van der Waals surface area contributed by atoms with E-state index in [2.05, 4.69) is 4.99 Å². The van der Waals surface area contributed by atoms with Crippen molar-refractivity contribution in [2.24, 2.45) is 4.99 Å². The fourth-order valence-corrected chi connectivity index (χ4v) is 1.48. The lowest BCUT2D eigenvalue weighted by Crippen LogP contribution is -2.12. The number of rotatable bonds is 1. The maximum Gasteiger partial charge on any atom is 0.354 e. The van der Waals surface area contributed by atoms with Gasteiger partial charge in [-0.15, -0.1) is 0 Å². The quantitative estimate of drug-likeness (QED) is 0.701. The molecule has 0 bridgehead atoms. The van der Waals surface area contributed by atoms with E-state index in [0.717, 1.165) is 16.7 Å². The zero-order valence-corrected chi connectivity index (χ0v) is 7.24. The summed E-state index contributed by atoms with van der Waals surface area (Å²) in [4.78, 5) is 14.7. The Kier molecular flexibility index (Phi) is 1.65. The maximum atomic E-state index is 10.7. The zero-order chi connectivity index (χ0) is 9.42. The maximum absolute atomic E-state index is 10.7. The fourth-order valence-electron chi connectivity index (χ4n) is 1.48. The lowest BCUT2D eigenvalue weighted by Gasteiger charge is -2.00. The summed E-state index contributed by atoms with van der Waals surface area (Å²) in [7, 11) is 0. The molecule has 1 aromatic rings. The summed E-state index contributed by atoms with van der Waals surface area (Å²) in [5.41, 5.74) is 3.03. The Bertz CT molecular complexity index is 407. The molecule has 1 aliphatic heterocycles. The lowest BCUT2D eigenvalue weighted by atomic mass is 10.0. The van der Waals surface area contributed by atoms with Crippen LogP contribution in [-0.2, 0) is 11.3 Å². The van der Waals surface area contributed by atoms with E-state index in [-0.39, 0.29) is 5.71 Å². The Morgan fingerprint density at radius 2 is 2.31 bits per heavy atom. The lowest BCUT2D eigenvalue weighted by molar-refractivity contribution is -0.129. The standard InChI is InChI=1S/C10H9NO2/c1-6-2-3-7-5-11-9(10(12)13)8(7)4-6/h2-4H,5H2,1H3,(H,12,13). The largest absolute Gasteiger partial charge is 0.477 e. The molecule has 0 amide bonds. The number of fused-ring (bicyclic) bond motifs is 1. The van der Waals surface area contributed by atoms with Crippen molar-refractivity contribution in [3.05, 3.63) is 34.9 Å². The van der Waals surface area contributed by atoms with Crippen molar-refractivity contribution >= 4 is 11.7 Å². The van der Waals surface area contributed by atoms with Crippen LogP contribution in [0.15, 0.2) is 23.2 Å². The van der Waals surface area contributed by atoms with Gasteiger partial charge in [-0.3, -0.25) is 4.99 Å². The first-order chi connectivity index (χ1) is 6.18. The summed E-state index contributed by atoms with van der Waals surface area (Å²) in [6.45, 7) is 2.44. The van der Waals surface area contributed by atoms with Gasteiger partial charge in [0.15, 0.2) is 5.71 Å². The van der Waals surface area contributed by atoms with Crippen LogP contribution in [0.4, 0.5) is 0 Å². The van der Waals surface area contributed by atoms with E-state index in [4.69, 9.17) is 5.11 Å². The SMILES string of the molecule is Cc1ccc2c(c1)C(C(=O)O)=NC2. The number of nitrogens with zero attached hydrogens (tertiary/aromatic N) is 1. The number of aryl methyl sites for hydroxylation is 1. The molecule has 3 nitrogen and oxygen atoms in total. The summed E-state index contributed by atoms with van der Waals surface area (Å²) >= 11 is 0. The van der Waals surface area contributed by atoms with Crippen LogP contribution in [0.5, 0.6) is 0 Å². The third kappa shape index (κ3) is 1.22. The van der Waals surface area contributed by atoms with Gasteiger partial charge in [-0.25, -0.2) is 4.79 Å². The van der Waals surface area contributed by atoms with Crippen molar-refractivity contribution < 1.29 is 9.90 Å². The number of hydrogen-bond acceptors (Lipinski definition) is 2. The van der Waals surface area contributed by atoms with Gasteiger partial charge in [-0.1, -0.05) is 17.7 Å². The Morgan fingerprint density at radius 3 is 3.00 bits per heavy atom. The Balaban J connectivity index is 2.54. The normalized spacial score (nSPS) is 13.8. The molecule has 2 rings (SSSR count). The first kappa shape index (κ1) is 7.98. The number of carboxylic acid groups (broad SMARTS) is 1. The van der Waals surface area contributed by atoms with Gasteiger partial charge in [-0.05, 0) is 18.6 Å². The molecule has 0 radical (unpaired) electrons. The van der Waals surface area contributed by atoms with Crippen LogP contribution in [0.25, 0.3) is 0 Å². The van der Waals surface area contributed by atoms with Crippen LogP contribution in [-0.4, -0.2) is 16.8 Å². The molecule has 0 atom stereocenters. The van der Waals surface area contributed by atoms with Crippen LogP contribution in [0, 0.1) is 6.92 Å². The van der Waals surface area contributed by atoms with Gasteiger partial charge in [-0.2, -0.15) is 0 Å². The molecule has 1 heterocycles. The minimum Gasteiger partial charge on any atom is -0.477 e. The summed E-state index contributed by atoms with van der Waals surface area (Å²) in [6, 6.07) is 5.78. The van der Waals surface area contributed by atoms with Crippen molar-refractivity contribution in [2.45, 2.75) is 13.5 Å². The molecule has 0 unspecified atom stereocenters. The van der Waals surface area contributed by atoms with Crippen LogP contribution < -0.4 is 0 Å². The van der Waals surface area contributed by atoms with Gasteiger partial charge >= 0.3 is 5.97 Å². The minimum atomic E-state index is -0.940. The summed E-state index contributed by atoms with van der Waals surface area (Å²) < 4.78 is 0. The molecule has 0 saturated carbocycles. The Morgan fingerprint density at radius 1 is 1.54 bits per heavy atom. The second kappa shape index (κ2) is 2.69. The molecule has 0 spiro atoms. The smallest absolute Gasteiger partial charge is 0.354 e. The highest BCUT2D eigenvalue weighted by Gasteiger charge is 2.20. The first-order valence-corrected chi connectivity index (χ1v) is 4.06. The van der Waals surface area contributed by atoms with Crippen LogP contribution in [0.2, 0.25) is 0 Å². The molecule has 0 saturated heterocycles. The van der Waals surface area contributed by atoms with E-state index >= 15 is 0 Å². The van der Waals surface area contributed by atoms with Gasteiger partial charge in [0.05, 0.1) is 6.54 Å². The zero-order valence-electron chi connectivity index (χ0n) is 7.24. The molecular formula is C10H9NO2. The van der Waals surface area contributed by atoms with E-state index in [1.807, 2.05) is 25.1 Å². The number of benzene rings is 1. The average molecular weight is 175 g/mol. The highest BCUT2D eigenvalue weighted by atomic mass is 16.4. The van der Waals surface area contributed by atoms with E-state index in [0.29, 0.717) is 6.54 Å². The van der Waals surface area contributed by atoms with Crippen molar-refractivity contribution in [3.63, 3.8) is 0 Å². The summed E-state index contributed by atoms with van der Waals surface area (Å²) in [5.74, 6) is -0.940. The monoisotopic (exact) mass is 175 g/mol. The highest BCUT2D eigenvalue weighted by molar-refractivity contribution is 6.43. The van der Waals surface area contributed by atoms with Crippen molar-refractivity contribution in [3.8, 4) is 0 Å². The predicted octanol–water partition coefficient (Wildman–Crippen LogP) is 1.38. The van der Waals surface area contributed by atoms with E-state index in [9.17, 15) is 4.79 Å². The third-order valence-corrected chi connectivity index (χ3v) is 2.13. The molecule has 1 aliphatic rings. The molecule has 1 aromatic carbocycles. The molecular weight excluding hydrogens is 166 g/mol. The number of hydrogen-bond donors (Lipinski definition) is 1. The number of aliphatic imine (C=N–C) groups is 1.